The minimum atomic E-state index is -3.86. The quantitative estimate of drug-likeness (QED) is 0.393. The highest BCUT2D eigenvalue weighted by Gasteiger charge is 2.28. The predicted octanol–water partition coefficient (Wildman–Crippen LogP) is 3.99. The summed E-state index contributed by atoms with van der Waals surface area (Å²) in [7, 11) is -7.19. The molecule has 0 atom stereocenters. The van der Waals surface area contributed by atoms with Gasteiger partial charge in [0.1, 0.15) is 11.5 Å². The monoisotopic (exact) mass is 579 g/mol. The second-order valence-electron chi connectivity index (χ2n) is 8.98. The number of hydrogen-bond acceptors (Lipinski definition) is 7. The number of hydrogen-bond donors (Lipinski definition) is 2. The lowest BCUT2D eigenvalue weighted by Crippen LogP contribution is -2.42. The van der Waals surface area contributed by atoms with E-state index in [4.69, 9.17) is 4.74 Å². The van der Waals surface area contributed by atoms with Crippen molar-refractivity contribution in [3.8, 4) is 11.5 Å². The fourth-order valence-electron chi connectivity index (χ4n) is 4.09. The number of anilines is 1. The molecule has 1 aliphatic heterocycles. The van der Waals surface area contributed by atoms with E-state index < -0.39 is 26.0 Å². The number of piperidine rings is 1. The first-order chi connectivity index (χ1) is 17.6. The molecule has 4 rings (SSSR count). The van der Waals surface area contributed by atoms with Crippen molar-refractivity contribution in [1.82, 2.24) is 9.62 Å². The Hall–Kier alpha value is -3.12. The molecule has 2 N–H and O–H groups in total. The summed E-state index contributed by atoms with van der Waals surface area (Å²) in [5.74, 6) is 0.443. The molecule has 38 heavy (non-hydrogen) atoms. The molecule has 3 aromatic carbocycles. The van der Waals surface area contributed by atoms with Crippen LogP contribution in [0.4, 0.5) is 5.69 Å². The first-order valence-corrected chi connectivity index (χ1v) is 15.1. The standard InChI is InChI=1S/C26H29N3O6S2.ClH/c1-36(31,32)27-22-9-13-24(14-10-22)35-23-11-7-20(8-12-23)19-29-17-15-21(16-18-29)26(30)28-37(33,34)25-5-3-2-4-6-25;/h2-14,21,27H,15-19H2,1H3,(H,28,30);1H. The first-order valence-electron chi connectivity index (χ1n) is 11.8. The Kier molecular flexibility index (Phi) is 9.77. The van der Waals surface area contributed by atoms with E-state index in [-0.39, 0.29) is 23.2 Å². The van der Waals surface area contributed by atoms with Gasteiger partial charge in [0.25, 0.3) is 10.0 Å². The molecule has 204 valence electrons. The summed E-state index contributed by atoms with van der Waals surface area (Å²) < 4.78 is 57.9. The van der Waals surface area contributed by atoms with Gasteiger partial charge in [-0.15, -0.1) is 12.4 Å². The van der Waals surface area contributed by atoms with Gasteiger partial charge >= 0.3 is 0 Å². The van der Waals surface area contributed by atoms with Crippen molar-refractivity contribution < 1.29 is 26.4 Å². The van der Waals surface area contributed by atoms with Crippen LogP contribution in [0.1, 0.15) is 18.4 Å². The number of benzene rings is 3. The molecule has 0 radical (unpaired) electrons. The van der Waals surface area contributed by atoms with E-state index in [2.05, 4.69) is 14.3 Å². The number of amides is 1. The summed E-state index contributed by atoms with van der Waals surface area (Å²) in [6, 6.07) is 22.2. The van der Waals surface area contributed by atoms with Crippen LogP contribution in [0.25, 0.3) is 0 Å². The van der Waals surface area contributed by atoms with Crippen LogP contribution in [-0.4, -0.2) is 47.0 Å². The van der Waals surface area contributed by atoms with E-state index in [0.717, 1.165) is 11.8 Å². The minimum absolute atomic E-state index is 0. The number of nitrogens with one attached hydrogen (secondary N) is 2. The number of carbonyl (C=O) groups excluding carboxylic acids is 1. The van der Waals surface area contributed by atoms with Crippen molar-refractivity contribution in [3.05, 3.63) is 84.4 Å². The Morgan fingerprint density at radius 1 is 0.868 bits per heavy atom. The molecule has 0 aromatic heterocycles. The molecular formula is C26H30ClN3O6S2. The van der Waals surface area contributed by atoms with Crippen LogP contribution in [0.15, 0.2) is 83.8 Å². The maximum atomic E-state index is 12.6. The van der Waals surface area contributed by atoms with Gasteiger partial charge in [0, 0.05) is 18.2 Å². The molecule has 0 saturated carbocycles. The number of halogens is 1. The van der Waals surface area contributed by atoms with Crippen LogP contribution in [0.2, 0.25) is 0 Å². The number of ether oxygens (including phenoxy) is 1. The molecule has 12 heteroatoms. The van der Waals surface area contributed by atoms with Gasteiger partial charge in [-0.25, -0.2) is 21.6 Å². The zero-order valence-corrected chi connectivity index (χ0v) is 23.2. The summed E-state index contributed by atoms with van der Waals surface area (Å²) in [5.41, 5.74) is 1.55. The third-order valence-corrected chi connectivity index (χ3v) is 7.94. The minimum Gasteiger partial charge on any atom is -0.457 e. The van der Waals surface area contributed by atoms with E-state index in [1.54, 1.807) is 42.5 Å². The molecule has 3 aromatic rings. The molecule has 0 bridgehead atoms. The number of sulfonamides is 2. The average molecular weight is 580 g/mol. The van der Waals surface area contributed by atoms with Crippen LogP contribution in [0.3, 0.4) is 0 Å². The van der Waals surface area contributed by atoms with Crippen molar-refractivity contribution in [1.29, 1.82) is 0 Å². The Balaban J connectivity index is 0.00000400. The van der Waals surface area contributed by atoms with Crippen molar-refractivity contribution in [2.45, 2.75) is 24.3 Å². The Morgan fingerprint density at radius 3 is 1.97 bits per heavy atom. The van der Waals surface area contributed by atoms with Gasteiger partial charge in [0.2, 0.25) is 15.9 Å². The van der Waals surface area contributed by atoms with Crippen molar-refractivity contribution >= 4 is 44.0 Å². The van der Waals surface area contributed by atoms with Gasteiger partial charge in [-0.2, -0.15) is 0 Å². The van der Waals surface area contributed by atoms with Crippen molar-refractivity contribution in [3.63, 3.8) is 0 Å². The maximum absolute atomic E-state index is 12.6. The maximum Gasteiger partial charge on any atom is 0.264 e. The van der Waals surface area contributed by atoms with Crippen LogP contribution in [0.5, 0.6) is 11.5 Å². The highest BCUT2D eigenvalue weighted by Crippen LogP contribution is 2.25. The van der Waals surface area contributed by atoms with Crippen LogP contribution in [0, 0.1) is 5.92 Å². The molecule has 1 amide bonds. The molecule has 1 heterocycles. The third kappa shape index (κ3) is 8.45. The number of carbonyl (C=O) groups is 1. The second kappa shape index (κ2) is 12.6. The molecule has 9 nitrogen and oxygen atoms in total. The largest absolute Gasteiger partial charge is 0.457 e. The predicted molar refractivity (Wildman–Crippen MR) is 148 cm³/mol. The molecular weight excluding hydrogens is 550 g/mol. The highest BCUT2D eigenvalue weighted by atomic mass is 35.5. The van der Waals surface area contributed by atoms with Gasteiger partial charge in [0.05, 0.1) is 11.2 Å². The van der Waals surface area contributed by atoms with Crippen LogP contribution in [-0.2, 0) is 31.4 Å². The fraction of sp³-hybridized carbons (Fsp3) is 0.269. The second-order valence-corrected chi connectivity index (χ2v) is 12.4. The summed E-state index contributed by atoms with van der Waals surface area (Å²) in [4.78, 5) is 14.9. The number of likely N-dealkylation sites (tertiary alicyclic amines) is 1. The zero-order valence-electron chi connectivity index (χ0n) is 20.7. The van der Waals surface area contributed by atoms with Gasteiger partial charge in [-0.1, -0.05) is 30.3 Å². The van der Waals surface area contributed by atoms with E-state index in [1.165, 1.54) is 12.1 Å². The van der Waals surface area contributed by atoms with E-state index in [0.29, 0.717) is 49.7 Å². The Labute approximate surface area is 229 Å². The normalized spacial score (nSPS) is 14.8. The molecule has 1 aliphatic rings. The van der Waals surface area contributed by atoms with Gasteiger partial charge in [0.15, 0.2) is 0 Å². The molecule has 0 aliphatic carbocycles. The smallest absolute Gasteiger partial charge is 0.264 e. The molecule has 0 spiro atoms. The summed E-state index contributed by atoms with van der Waals surface area (Å²) in [6.45, 7) is 2.09. The number of rotatable bonds is 9. The Morgan fingerprint density at radius 2 is 1.42 bits per heavy atom. The van der Waals surface area contributed by atoms with E-state index in [1.807, 2.05) is 24.3 Å². The Bertz CT molecular complexity index is 1420. The zero-order chi connectivity index (χ0) is 26.5. The van der Waals surface area contributed by atoms with E-state index in [9.17, 15) is 21.6 Å². The van der Waals surface area contributed by atoms with E-state index >= 15 is 0 Å². The van der Waals surface area contributed by atoms with Gasteiger partial charge in [-0.05, 0) is 80.0 Å². The number of nitrogens with zero attached hydrogens (tertiary/aromatic N) is 1. The van der Waals surface area contributed by atoms with Crippen molar-refractivity contribution in [2.75, 3.05) is 24.1 Å². The topological polar surface area (TPSA) is 122 Å². The SMILES string of the molecule is CS(=O)(=O)Nc1ccc(Oc2ccc(CN3CCC(C(=O)NS(=O)(=O)c4ccccc4)CC3)cc2)cc1.Cl. The lowest BCUT2D eigenvalue weighted by molar-refractivity contribution is -0.124. The van der Waals surface area contributed by atoms with Gasteiger partial charge < -0.3 is 4.74 Å². The summed E-state index contributed by atoms with van der Waals surface area (Å²) in [5, 5.41) is 0. The summed E-state index contributed by atoms with van der Waals surface area (Å²) in [6.07, 6.45) is 2.26. The molecule has 0 unspecified atom stereocenters. The average Bonchev–Trinajstić information content (AvgIpc) is 2.86. The first kappa shape index (κ1) is 29.4. The fourth-order valence-corrected chi connectivity index (χ4v) is 5.72. The van der Waals surface area contributed by atoms with Crippen LogP contribution < -0.4 is 14.2 Å². The lowest BCUT2D eigenvalue weighted by atomic mass is 9.96. The third-order valence-electron chi connectivity index (χ3n) is 5.97. The van der Waals surface area contributed by atoms with Crippen LogP contribution >= 0.6 is 12.4 Å². The molecule has 1 saturated heterocycles. The molecule has 1 fully saturated rings. The lowest BCUT2D eigenvalue weighted by Gasteiger charge is -2.31. The van der Waals surface area contributed by atoms with Gasteiger partial charge in [-0.3, -0.25) is 14.4 Å². The summed E-state index contributed by atoms with van der Waals surface area (Å²) >= 11 is 0. The highest BCUT2D eigenvalue weighted by molar-refractivity contribution is 7.92. The van der Waals surface area contributed by atoms with Crippen molar-refractivity contribution in [2.24, 2.45) is 5.92 Å².